The van der Waals surface area contributed by atoms with Crippen molar-refractivity contribution in [1.82, 2.24) is 4.98 Å². The summed E-state index contributed by atoms with van der Waals surface area (Å²) in [5.41, 5.74) is 2.95. The van der Waals surface area contributed by atoms with Crippen molar-refractivity contribution in [3.05, 3.63) is 71.4 Å². The van der Waals surface area contributed by atoms with Crippen LogP contribution in [0, 0.1) is 6.92 Å². The Balaban J connectivity index is 2.13. The summed E-state index contributed by atoms with van der Waals surface area (Å²) in [6, 6.07) is 15.0. The molecule has 3 rings (SSSR count). The molecule has 3 nitrogen and oxygen atoms in total. The van der Waals surface area contributed by atoms with Crippen LogP contribution in [0.15, 0.2) is 54.7 Å². The summed E-state index contributed by atoms with van der Waals surface area (Å²) in [6.45, 7) is 1.95. The quantitative estimate of drug-likeness (QED) is 0.684. The van der Waals surface area contributed by atoms with Gasteiger partial charge in [0.05, 0.1) is 12.6 Å². The van der Waals surface area contributed by atoms with Crippen LogP contribution in [0.3, 0.4) is 0 Å². The van der Waals surface area contributed by atoms with Crippen molar-refractivity contribution >= 4 is 16.7 Å². The summed E-state index contributed by atoms with van der Waals surface area (Å²) in [4.78, 5) is 17.1. The molecule has 0 aliphatic rings. The van der Waals surface area contributed by atoms with Crippen molar-refractivity contribution in [1.29, 1.82) is 0 Å². The first-order chi connectivity index (χ1) is 10.2. The zero-order chi connectivity index (χ0) is 14.8. The standard InChI is InChI=1S/C18H15NO2/c1-12-8-9-14(11-16(12)21-2)18(20)15-7-3-5-13-6-4-10-19-17(13)15/h3-11H,1-2H3. The number of benzene rings is 2. The van der Waals surface area contributed by atoms with Crippen LogP contribution >= 0.6 is 0 Å². The average molecular weight is 277 g/mol. The van der Waals surface area contributed by atoms with E-state index in [1.54, 1.807) is 19.4 Å². The molecule has 2 aromatic carbocycles. The van der Waals surface area contributed by atoms with E-state index in [1.807, 2.05) is 49.4 Å². The van der Waals surface area contributed by atoms with Gasteiger partial charge in [-0.2, -0.15) is 0 Å². The van der Waals surface area contributed by atoms with Gasteiger partial charge >= 0.3 is 0 Å². The highest BCUT2D eigenvalue weighted by molar-refractivity contribution is 6.15. The Bertz CT molecular complexity index is 819. The number of aromatic nitrogens is 1. The van der Waals surface area contributed by atoms with Crippen LogP contribution in [0.2, 0.25) is 0 Å². The Morgan fingerprint density at radius 1 is 1.10 bits per heavy atom. The number of pyridine rings is 1. The maximum Gasteiger partial charge on any atom is 0.195 e. The summed E-state index contributed by atoms with van der Waals surface area (Å²) < 4.78 is 5.29. The van der Waals surface area contributed by atoms with Crippen LogP contribution < -0.4 is 4.74 Å². The van der Waals surface area contributed by atoms with Gasteiger partial charge < -0.3 is 4.74 Å². The molecule has 0 fully saturated rings. The zero-order valence-corrected chi connectivity index (χ0v) is 12.0. The van der Waals surface area contributed by atoms with Crippen molar-refractivity contribution in [2.45, 2.75) is 6.92 Å². The molecule has 3 aromatic rings. The normalized spacial score (nSPS) is 10.6. The molecule has 0 aliphatic carbocycles. The van der Waals surface area contributed by atoms with Gasteiger partial charge in [-0.3, -0.25) is 9.78 Å². The summed E-state index contributed by atoms with van der Waals surface area (Å²) in [5, 5.41) is 0.961. The van der Waals surface area contributed by atoms with Crippen molar-refractivity contribution in [2.24, 2.45) is 0 Å². The Morgan fingerprint density at radius 2 is 1.90 bits per heavy atom. The number of carbonyl (C=O) groups excluding carboxylic acids is 1. The van der Waals surface area contributed by atoms with E-state index >= 15 is 0 Å². The molecule has 0 bridgehead atoms. The number of ether oxygens (including phenoxy) is 1. The van der Waals surface area contributed by atoms with E-state index in [2.05, 4.69) is 4.98 Å². The minimum atomic E-state index is -0.0439. The number of ketones is 1. The third-order valence-electron chi connectivity index (χ3n) is 3.55. The average Bonchev–Trinajstić information content (AvgIpc) is 2.54. The molecule has 3 heteroatoms. The van der Waals surface area contributed by atoms with Gasteiger partial charge in [0.2, 0.25) is 0 Å². The van der Waals surface area contributed by atoms with Gasteiger partial charge in [-0.1, -0.05) is 30.3 Å². The molecule has 0 atom stereocenters. The molecule has 0 saturated heterocycles. The smallest absolute Gasteiger partial charge is 0.195 e. The summed E-state index contributed by atoms with van der Waals surface area (Å²) in [5.74, 6) is 0.673. The molecule has 0 amide bonds. The molecule has 1 heterocycles. The number of aryl methyl sites for hydroxylation is 1. The number of fused-ring (bicyclic) bond motifs is 1. The van der Waals surface area contributed by atoms with Gasteiger partial charge in [0.15, 0.2) is 5.78 Å². The van der Waals surface area contributed by atoms with Gasteiger partial charge in [-0.25, -0.2) is 0 Å². The van der Waals surface area contributed by atoms with Crippen molar-refractivity contribution in [3.8, 4) is 5.75 Å². The molecule has 0 saturated carbocycles. The van der Waals surface area contributed by atoms with E-state index in [-0.39, 0.29) is 5.78 Å². The first-order valence-corrected chi connectivity index (χ1v) is 6.74. The summed E-state index contributed by atoms with van der Waals surface area (Å²) >= 11 is 0. The highest BCUT2D eigenvalue weighted by Gasteiger charge is 2.14. The number of hydrogen-bond acceptors (Lipinski definition) is 3. The number of para-hydroxylation sites is 1. The minimum Gasteiger partial charge on any atom is -0.496 e. The van der Waals surface area contributed by atoms with E-state index in [0.29, 0.717) is 16.9 Å². The van der Waals surface area contributed by atoms with E-state index in [9.17, 15) is 4.79 Å². The van der Waals surface area contributed by atoms with Gasteiger partial charge in [-0.15, -0.1) is 0 Å². The molecule has 21 heavy (non-hydrogen) atoms. The number of methoxy groups -OCH3 is 1. The Morgan fingerprint density at radius 3 is 2.71 bits per heavy atom. The van der Waals surface area contributed by atoms with Crippen LogP contribution in [-0.2, 0) is 0 Å². The van der Waals surface area contributed by atoms with E-state index in [1.165, 1.54) is 0 Å². The second-order valence-corrected chi connectivity index (χ2v) is 4.89. The largest absolute Gasteiger partial charge is 0.496 e. The molecule has 0 spiro atoms. The predicted octanol–water partition coefficient (Wildman–Crippen LogP) is 3.78. The van der Waals surface area contributed by atoms with E-state index in [0.717, 1.165) is 16.5 Å². The zero-order valence-electron chi connectivity index (χ0n) is 12.0. The van der Waals surface area contributed by atoms with Crippen LogP contribution in [0.5, 0.6) is 5.75 Å². The summed E-state index contributed by atoms with van der Waals surface area (Å²) in [6.07, 6.45) is 1.70. The minimum absolute atomic E-state index is 0.0439. The highest BCUT2D eigenvalue weighted by Crippen LogP contribution is 2.23. The summed E-state index contributed by atoms with van der Waals surface area (Å²) in [7, 11) is 1.61. The first kappa shape index (κ1) is 13.3. The maximum atomic E-state index is 12.7. The molecular weight excluding hydrogens is 262 g/mol. The molecule has 104 valence electrons. The molecular formula is C18H15NO2. The topological polar surface area (TPSA) is 39.2 Å². The fraction of sp³-hybridized carbons (Fsp3) is 0.111. The van der Waals surface area contributed by atoms with Gasteiger partial charge in [0.1, 0.15) is 5.75 Å². The van der Waals surface area contributed by atoms with E-state index < -0.39 is 0 Å². The van der Waals surface area contributed by atoms with Crippen LogP contribution in [0.4, 0.5) is 0 Å². The van der Waals surface area contributed by atoms with Crippen molar-refractivity contribution < 1.29 is 9.53 Å². The Kier molecular flexibility index (Phi) is 3.40. The number of carbonyl (C=O) groups is 1. The SMILES string of the molecule is COc1cc(C(=O)c2cccc3cccnc23)ccc1C. The lowest BCUT2D eigenvalue weighted by Crippen LogP contribution is -2.04. The lowest BCUT2D eigenvalue weighted by atomic mass is 9.99. The second-order valence-electron chi connectivity index (χ2n) is 4.89. The third kappa shape index (κ3) is 2.38. The van der Waals surface area contributed by atoms with Crippen LogP contribution in [0.25, 0.3) is 10.9 Å². The Hall–Kier alpha value is -2.68. The molecule has 0 radical (unpaired) electrons. The van der Waals surface area contributed by atoms with Gasteiger partial charge in [0.25, 0.3) is 0 Å². The Labute approximate surface area is 123 Å². The number of rotatable bonds is 3. The van der Waals surface area contributed by atoms with Gasteiger partial charge in [0, 0.05) is 22.7 Å². The van der Waals surface area contributed by atoms with E-state index in [4.69, 9.17) is 4.74 Å². The maximum absolute atomic E-state index is 12.7. The third-order valence-corrected chi connectivity index (χ3v) is 3.55. The van der Waals surface area contributed by atoms with Crippen molar-refractivity contribution in [3.63, 3.8) is 0 Å². The predicted molar refractivity (Wildman–Crippen MR) is 82.9 cm³/mol. The fourth-order valence-electron chi connectivity index (χ4n) is 2.40. The van der Waals surface area contributed by atoms with Crippen molar-refractivity contribution in [2.75, 3.05) is 7.11 Å². The molecule has 0 aliphatic heterocycles. The second kappa shape index (κ2) is 5.37. The highest BCUT2D eigenvalue weighted by atomic mass is 16.5. The molecule has 0 unspecified atom stereocenters. The first-order valence-electron chi connectivity index (χ1n) is 6.74. The van der Waals surface area contributed by atoms with Crippen LogP contribution in [0.1, 0.15) is 21.5 Å². The monoisotopic (exact) mass is 277 g/mol. The lowest BCUT2D eigenvalue weighted by Gasteiger charge is -2.08. The van der Waals surface area contributed by atoms with Gasteiger partial charge in [-0.05, 0) is 30.7 Å². The fourth-order valence-corrected chi connectivity index (χ4v) is 2.40. The van der Waals surface area contributed by atoms with Crippen LogP contribution in [-0.4, -0.2) is 17.9 Å². The number of hydrogen-bond donors (Lipinski definition) is 0. The number of nitrogens with zero attached hydrogens (tertiary/aromatic N) is 1. The lowest BCUT2D eigenvalue weighted by molar-refractivity contribution is 0.104. The molecule has 0 N–H and O–H groups in total. The molecule has 1 aromatic heterocycles.